The second-order valence-electron chi connectivity index (χ2n) is 8.93. The fourth-order valence-electron chi connectivity index (χ4n) is 2.55. The van der Waals surface area contributed by atoms with Gasteiger partial charge in [0.2, 0.25) is 0 Å². The Bertz CT molecular complexity index is 842. The van der Waals surface area contributed by atoms with Crippen LogP contribution in [0.5, 0.6) is 5.75 Å². The van der Waals surface area contributed by atoms with E-state index < -0.39 is 17.5 Å². The van der Waals surface area contributed by atoms with E-state index in [-0.39, 0.29) is 18.6 Å². The molecule has 2 aromatic rings. The van der Waals surface area contributed by atoms with Gasteiger partial charge in [-0.1, -0.05) is 51.1 Å². The number of hydrogen-bond donors (Lipinski definition) is 0. The summed E-state index contributed by atoms with van der Waals surface area (Å²) in [6, 6.07) is 14.7. The van der Waals surface area contributed by atoms with Gasteiger partial charge in [-0.2, -0.15) is 0 Å². The number of ether oxygens (including phenoxy) is 3. The number of carbonyl (C=O) groups excluding carboxylic acids is 2. The highest BCUT2D eigenvalue weighted by molar-refractivity contribution is 5.90. The van der Waals surface area contributed by atoms with Gasteiger partial charge in [0.15, 0.2) is 6.61 Å². The van der Waals surface area contributed by atoms with Crippen LogP contribution in [0.3, 0.4) is 0 Å². The molecule has 0 atom stereocenters. The van der Waals surface area contributed by atoms with E-state index in [2.05, 4.69) is 0 Å². The van der Waals surface area contributed by atoms with Gasteiger partial charge in [-0.05, 0) is 55.5 Å². The van der Waals surface area contributed by atoms with Gasteiger partial charge in [0, 0.05) is 0 Å². The molecule has 0 aliphatic carbocycles. The smallest absolute Gasteiger partial charge is 0.344 e. The predicted octanol–water partition coefficient (Wildman–Crippen LogP) is 5.06. The molecule has 0 saturated carbocycles. The molecule has 0 aliphatic rings. The minimum absolute atomic E-state index is 0.188. The first kappa shape index (κ1) is 22.5. The Morgan fingerprint density at radius 1 is 0.897 bits per heavy atom. The number of esters is 2. The molecule has 0 amide bonds. The van der Waals surface area contributed by atoms with Crippen molar-refractivity contribution in [2.75, 3.05) is 6.61 Å². The van der Waals surface area contributed by atoms with Crippen LogP contribution in [-0.2, 0) is 26.3 Å². The maximum atomic E-state index is 12.6. The van der Waals surface area contributed by atoms with Crippen LogP contribution < -0.4 is 4.74 Å². The largest absolute Gasteiger partial charge is 0.482 e. The summed E-state index contributed by atoms with van der Waals surface area (Å²) in [6.45, 7) is 11.5. The van der Waals surface area contributed by atoms with E-state index in [1.807, 2.05) is 57.2 Å². The molecule has 0 aliphatic heterocycles. The summed E-state index contributed by atoms with van der Waals surface area (Å²) in [5, 5.41) is 0. The molecule has 5 nitrogen and oxygen atoms in total. The van der Waals surface area contributed by atoms with Crippen molar-refractivity contribution in [2.45, 2.75) is 59.2 Å². The zero-order chi connectivity index (χ0) is 21.7. The molecule has 156 valence electrons. The first-order chi connectivity index (χ1) is 13.4. The van der Waals surface area contributed by atoms with Crippen LogP contribution in [0.4, 0.5) is 0 Å². The van der Waals surface area contributed by atoms with Crippen LogP contribution in [-0.4, -0.2) is 24.1 Å². The lowest BCUT2D eigenvalue weighted by atomic mass is 9.86. The average molecular weight is 398 g/mol. The first-order valence-electron chi connectivity index (χ1n) is 9.65. The quantitative estimate of drug-likeness (QED) is 0.637. The summed E-state index contributed by atoms with van der Waals surface area (Å²) in [5.41, 5.74) is 1.41. The summed E-state index contributed by atoms with van der Waals surface area (Å²) < 4.78 is 16.3. The number of rotatable bonds is 6. The van der Waals surface area contributed by atoms with Crippen LogP contribution in [0.1, 0.15) is 63.0 Å². The summed E-state index contributed by atoms with van der Waals surface area (Å²) in [4.78, 5) is 24.6. The summed E-state index contributed by atoms with van der Waals surface area (Å²) in [7, 11) is 0. The zero-order valence-corrected chi connectivity index (χ0v) is 18.1. The minimum atomic E-state index is -0.583. The Morgan fingerprint density at radius 3 is 2.14 bits per heavy atom. The van der Waals surface area contributed by atoms with Gasteiger partial charge >= 0.3 is 11.9 Å². The SMILES string of the molecule is CC(C)(C)OC(=O)COc1cc(C(=O)OCc2ccccc2)cc(C(C)(C)C)c1. The van der Waals surface area contributed by atoms with Crippen LogP contribution in [0.2, 0.25) is 0 Å². The lowest BCUT2D eigenvalue weighted by Gasteiger charge is -2.22. The lowest BCUT2D eigenvalue weighted by molar-refractivity contribution is -0.157. The van der Waals surface area contributed by atoms with E-state index in [1.165, 1.54) is 0 Å². The normalized spacial score (nSPS) is 11.7. The zero-order valence-electron chi connectivity index (χ0n) is 18.1. The van der Waals surface area contributed by atoms with Crippen molar-refractivity contribution in [3.8, 4) is 5.75 Å². The molecule has 0 heterocycles. The maximum Gasteiger partial charge on any atom is 0.344 e. The van der Waals surface area contributed by atoms with Crippen molar-refractivity contribution < 1.29 is 23.8 Å². The monoisotopic (exact) mass is 398 g/mol. The molecule has 0 fully saturated rings. The molecular weight excluding hydrogens is 368 g/mol. The summed E-state index contributed by atoms with van der Waals surface area (Å²) in [5.74, 6) is -0.483. The van der Waals surface area contributed by atoms with Gasteiger partial charge in [0.1, 0.15) is 18.0 Å². The van der Waals surface area contributed by atoms with E-state index in [4.69, 9.17) is 14.2 Å². The van der Waals surface area contributed by atoms with E-state index in [9.17, 15) is 9.59 Å². The first-order valence-corrected chi connectivity index (χ1v) is 9.65. The molecular formula is C24H30O5. The molecule has 0 radical (unpaired) electrons. The highest BCUT2D eigenvalue weighted by Gasteiger charge is 2.20. The minimum Gasteiger partial charge on any atom is -0.482 e. The predicted molar refractivity (Wildman–Crippen MR) is 112 cm³/mol. The van der Waals surface area contributed by atoms with E-state index in [0.29, 0.717) is 11.3 Å². The van der Waals surface area contributed by atoms with Gasteiger partial charge in [0.25, 0.3) is 0 Å². The molecule has 0 bridgehead atoms. The molecule has 0 saturated heterocycles. The van der Waals surface area contributed by atoms with Gasteiger partial charge in [-0.3, -0.25) is 0 Å². The van der Waals surface area contributed by atoms with Crippen molar-refractivity contribution in [3.05, 3.63) is 65.2 Å². The second kappa shape index (κ2) is 9.12. The Hall–Kier alpha value is -2.82. The van der Waals surface area contributed by atoms with E-state index >= 15 is 0 Å². The Kier molecular flexibility index (Phi) is 7.07. The second-order valence-corrected chi connectivity index (χ2v) is 8.93. The third-order valence-corrected chi connectivity index (χ3v) is 4.00. The molecule has 0 spiro atoms. The third-order valence-electron chi connectivity index (χ3n) is 4.00. The number of benzene rings is 2. The Morgan fingerprint density at radius 2 is 1.55 bits per heavy atom. The lowest BCUT2D eigenvalue weighted by Crippen LogP contribution is -2.27. The van der Waals surface area contributed by atoms with Crippen molar-refractivity contribution in [2.24, 2.45) is 0 Å². The van der Waals surface area contributed by atoms with E-state index in [1.54, 1.807) is 32.9 Å². The Balaban J connectivity index is 2.15. The Labute approximate surface area is 173 Å². The molecule has 2 rings (SSSR count). The average Bonchev–Trinajstić information content (AvgIpc) is 2.63. The van der Waals surface area contributed by atoms with Gasteiger partial charge in [-0.15, -0.1) is 0 Å². The summed E-state index contributed by atoms with van der Waals surface area (Å²) in [6.07, 6.45) is 0. The van der Waals surface area contributed by atoms with Crippen LogP contribution in [0, 0.1) is 0 Å². The van der Waals surface area contributed by atoms with Crippen molar-refractivity contribution in [1.29, 1.82) is 0 Å². The highest BCUT2D eigenvalue weighted by atomic mass is 16.6. The number of hydrogen-bond acceptors (Lipinski definition) is 5. The topological polar surface area (TPSA) is 61.8 Å². The van der Waals surface area contributed by atoms with Crippen molar-refractivity contribution in [3.63, 3.8) is 0 Å². The summed E-state index contributed by atoms with van der Waals surface area (Å²) >= 11 is 0. The fraction of sp³-hybridized carbons (Fsp3) is 0.417. The maximum absolute atomic E-state index is 12.6. The molecule has 2 aromatic carbocycles. The van der Waals surface area contributed by atoms with Crippen molar-refractivity contribution in [1.82, 2.24) is 0 Å². The third kappa shape index (κ3) is 7.60. The molecule has 0 unspecified atom stereocenters. The molecule has 0 aromatic heterocycles. The molecule has 29 heavy (non-hydrogen) atoms. The van der Waals surface area contributed by atoms with Gasteiger partial charge in [-0.25, -0.2) is 9.59 Å². The van der Waals surface area contributed by atoms with Crippen LogP contribution >= 0.6 is 0 Å². The van der Waals surface area contributed by atoms with Crippen LogP contribution in [0.25, 0.3) is 0 Å². The standard InChI is InChI=1S/C24H30O5/c1-23(2,3)19-12-18(22(26)28-15-17-10-8-7-9-11-17)13-20(14-19)27-16-21(25)29-24(4,5)6/h7-14H,15-16H2,1-6H3. The number of carbonyl (C=O) groups is 2. The van der Waals surface area contributed by atoms with E-state index in [0.717, 1.165) is 11.1 Å². The molecule has 0 N–H and O–H groups in total. The van der Waals surface area contributed by atoms with Crippen molar-refractivity contribution >= 4 is 11.9 Å². The molecule has 5 heteroatoms. The fourth-order valence-corrected chi connectivity index (χ4v) is 2.55. The van der Waals surface area contributed by atoms with Gasteiger partial charge < -0.3 is 14.2 Å². The van der Waals surface area contributed by atoms with Gasteiger partial charge in [0.05, 0.1) is 5.56 Å². The highest BCUT2D eigenvalue weighted by Crippen LogP contribution is 2.28. The van der Waals surface area contributed by atoms with Crippen LogP contribution in [0.15, 0.2) is 48.5 Å².